The van der Waals surface area contributed by atoms with E-state index in [0.717, 1.165) is 12.2 Å². The second-order valence-corrected chi connectivity index (χ2v) is 12.9. The fraction of sp³-hybridized carbons (Fsp3) is 0.885. The van der Waals surface area contributed by atoms with Gasteiger partial charge in [0.1, 0.15) is 0 Å². The van der Waals surface area contributed by atoms with Crippen LogP contribution in [0.25, 0.3) is 0 Å². The molecule has 9 heteroatoms. The average molecular weight is 536 g/mol. The van der Waals surface area contributed by atoms with Crippen LogP contribution in [-0.2, 0) is 19.1 Å². The molecule has 208 valence electrons. The van der Waals surface area contributed by atoms with Gasteiger partial charge in [-0.25, -0.2) is 0 Å². The Morgan fingerprint density at radius 2 is 1.51 bits per heavy atom. The number of carbonyl (C=O) groups is 3. The number of carbonyl (C=O) groups excluding carboxylic acids is 3. The summed E-state index contributed by atoms with van der Waals surface area (Å²) < 4.78 is 6.01. The van der Waals surface area contributed by atoms with Crippen LogP contribution in [0.3, 0.4) is 0 Å². The first-order chi connectivity index (χ1) is 16.3. The Hall–Kier alpha value is -0.930. The summed E-state index contributed by atoms with van der Waals surface area (Å²) >= 11 is 0. The van der Waals surface area contributed by atoms with Crippen molar-refractivity contribution in [3.63, 3.8) is 0 Å². The first kappa shape index (κ1) is 36.2. The van der Waals surface area contributed by atoms with E-state index >= 15 is 0 Å². The summed E-state index contributed by atoms with van der Waals surface area (Å²) in [6.45, 7) is 21.5. The molecule has 0 saturated carbocycles. The molecule has 1 unspecified atom stereocenters. The Kier molecular flexibility index (Phi) is 20.9. The van der Waals surface area contributed by atoms with E-state index in [1.165, 1.54) is 0 Å². The van der Waals surface area contributed by atoms with Crippen LogP contribution in [0.15, 0.2) is 0 Å². The van der Waals surface area contributed by atoms with E-state index in [-0.39, 0.29) is 29.4 Å². The molecule has 0 fully saturated rings. The van der Waals surface area contributed by atoms with Crippen molar-refractivity contribution in [3.8, 4) is 0 Å². The number of nitrogens with one attached hydrogen (secondary N) is 3. The number of hydrogen-bond donors (Lipinski definition) is 3. The van der Waals surface area contributed by atoms with Gasteiger partial charge in [0.05, 0.1) is 5.60 Å². The number of amides is 3. The molecule has 0 aromatic carbocycles. The average Bonchev–Trinajstić information content (AvgIpc) is 2.76. The highest BCUT2D eigenvalue weighted by Gasteiger charge is 2.29. The van der Waals surface area contributed by atoms with E-state index in [2.05, 4.69) is 22.9 Å². The number of ether oxygens (including phenoxy) is 1. The lowest BCUT2D eigenvalue weighted by Crippen LogP contribution is -2.41. The summed E-state index contributed by atoms with van der Waals surface area (Å²) in [6, 6.07) is 0.122. The zero-order chi connectivity index (χ0) is 27.5. The molecule has 7 nitrogen and oxygen atoms in total. The van der Waals surface area contributed by atoms with Gasteiger partial charge >= 0.3 is 0 Å². The molecule has 35 heavy (non-hydrogen) atoms. The Morgan fingerprint density at radius 1 is 0.914 bits per heavy atom. The lowest BCUT2D eigenvalue weighted by molar-refractivity contribution is -0.132. The van der Waals surface area contributed by atoms with Crippen LogP contribution < -0.4 is 16.0 Å². The molecule has 0 rings (SSSR count). The highest BCUT2D eigenvalue weighted by molar-refractivity contribution is 8.76. The largest absolute Gasteiger partial charge is 0.375 e. The van der Waals surface area contributed by atoms with Gasteiger partial charge in [-0.2, -0.15) is 0 Å². The summed E-state index contributed by atoms with van der Waals surface area (Å²) in [5.74, 6) is 0.926. The second-order valence-electron chi connectivity index (χ2n) is 9.94. The van der Waals surface area contributed by atoms with Gasteiger partial charge in [0.2, 0.25) is 17.7 Å². The highest BCUT2D eigenvalue weighted by atomic mass is 33.1. The molecule has 0 radical (unpaired) electrons. The van der Waals surface area contributed by atoms with Crippen LogP contribution in [0, 0.1) is 5.41 Å². The minimum atomic E-state index is -0.482. The number of rotatable bonds is 18. The van der Waals surface area contributed by atoms with Crippen molar-refractivity contribution < 1.29 is 19.1 Å². The first-order valence-electron chi connectivity index (χ1n) is 13.1. The summed E-state index contributed by atoms with van der Waals surface area (Å²) in [4.78, 5) is 35.9. The van der Waals surface area contributed by atoms with E-state index in [1.54, 1.807) is 21.6 Å². The van der Waals surface area contributed by atoms with Gasteiger partial charge in [-0.1, -0.05) is 56.2 Å². The molecule has 0 aliphatic rings. The third-order valence-corrected chi connectivity index (χ3v) is 8.07. The molecule has 0 aliphatic heterocycles. The summed E-state index contributed by atoms with van der Waals surface area (Å²) in [5, 5.41) is 9.11. The van der Waals surface area contributed by atoms with Crippen LogP contribution in [-0.4, -0.2) is 60.1 Å². The molecule has 1 atom stereocenters. The molecule has 0 aromatic heterocycles. The maximum absolute atomic E-state index is 12.3. The maximum atomic E-state index is 12.3. The minimum absolute atomic E-state index is 0.0404. The monoisotopic (exact) mass is 535 g/mol. The predicted molar refractivity (Wildman–Crippen MR) is 153 cm³/mol. The van der Waals surface area contributed by atoms with Gasteiger partial charge in [0, 0.05) is 55.0 Å². The standard InChI is InChI=1S/C24H47N3O4S2.C2H6/c1-9-25-20(28)11-10-19(4)33-32-17-12-21(29)26-15-13-24(7,8)31-16-14-23(5,6)22(30)27-18(2)3;1-2/h18-19H,9-17H2,1-8H3,(H,25,28)(H,26,29)(H,27,30);1-2H3. The van der Waals surface area contributed by atoms with E-state index in [0.29, 0.717) is 50.6 Å². The Morgan fingerprint density at radius 3 is 2.09 bits per heavy atom. The van der Waals surface area contributed by atoms with Gasteiger partial charge in [-0.05, 0) is 53.9 Å². The Bertz CT molecular complexity index is 599. The van der Waals surface area contributed by atoms with Gasteiger partial charge in [0.15, 0.2) is 0 Å². The minimum Gasteiger partial charge on any atom is -0.375 e. The van der Waals surface area contributed by atoms with Crippen molar-refractivity contribution in [1.82, 2.24) is 16.0 Å². The quantitative estimate of drug-likeness (QED) is 0.162. The third-order valence-electron chi connectivity index (χ3n) is 5.10. The lowest BCUT2D eigenvalue weighted by atomic mass is 9.88. The third kappa shape index (κ3) is 20.9. The molecular weight excluding hydrogens is 482 g/mol. The fourth-order valence-corrected chi connectivity index (χ4v) is 5.12. The SMILES string of the molecule is CC.CCNC(=O)CCC(C)SSCCC(=O)NCCC(C)(C)OCCC(C)(C)C(=O)NC(C)C. The Labute approximate surface area is 223 Å². The highest BCUT2D eigenvalue weighted by Crippen LogP contribution is 2.29. The molecular formula is C26H53N3O4S2. The normalized spacial score (nSPS) is 12.4. The topological polar surface area (TPSA) is 96.5 Å². The smallest absolute Gasteiger partial charge is 0.225 e. The summed E-state index contributed by atoms with van der Waals surface area (Å²) in [6.07, 6.45) is 3.20. The molecule has 3 N–H and O–H groups in total. The van der Waals surface area contributed by atoms with Crippen molar-refractivity contribution in [3.05, 3.63) is 0 Å². The van der Waals surface area contributed by atoms with Crippen molar-refractivity contribution >= 4 is 39.3 Å². The van der Waals surface area contributed by atoms with Gasteiger partial charge in [-0.15, -0.1) is 0 Å². The molecule has 0 spiro atoms. The Balaban J connectivity index is 0. The first-order valence-corrected chi connectivity index (χ1v) is 15.4. The molecule has 0 heterocycles. The molecule has 0 saturated heterocycles. The zero-order valence-electron chi connectivity index (χ0n) is 24.0. The van der Waals surface area contributed by atoms with Crippen LogP contribution in [0.2, 0.25) is 0 Å². The van der Waals surface area contributed by atoms with Crippen molar-refractivity contribution in [2.24, 2.45) is 5.41 Å². The van der Waals surface area contributed by atoms with E-state index < -0.39 is 5.41 Å². The van der Waals surface area contributed by atoms with Crippen LogP contribution in [0.1, 0.15) is 101 Å². The van der Waals surface area contributed by atoms with Gasteiger partial charge in [-0.3, -0.25) is 14.4 Å². The van der Waals surface area contributed by atoms with Gasteiger partial charge in [0.25, 0.3) is 0 Å². The van der Waals surface area contributed by atoms with Gasteiger partial charge < -0.3 is 20.7 Å². The van der Waals surface area contributed by atoms with Crippen molar-refractivity contribution in [1.29, 1.82) is 0 Å². The fourth-order valence-electron chi connectivity index (χ4n) is 2.78. The zero-order valence-corrected chi connectivity index (χ0v) is 25.6. The lowest BCUT2D eigenvalue weighted by Gasteiger charge is -2.29. The molecule has 3 amide bonds. The molecule has 0 aromatic rings. The van der Waals surface area contributed by atoms with Crippen LogP contribution in [0.4, 0.5) is 0 Å². The van der Waals surface area contributed by atoms with Crippen LogP contribution >= 0.6 is 21.6 Å². The van der Waals surface area contributed by atoms with E-state index in [4.69, 9.17) is 4.74 Å². The van der Waals surface area contributed by atoms with E-state index in [9.17, 15) is 14.4 Å². The maximum Gasteiger partial charge on any atom is 0.225 e. The second kappa shape index (κ2) is 20.2. The molecule has 0 aliphatic carbocycles. The van der Waals surface area contributed by atoms with Crippen LogP contribution in [0.5, 0.6) is 0 Å². The van der Waals surface area contributed by atoms with Crippen molar-refractivity contribution in [2.45, 2.75) is 118 Å². The molecule has 0 bridgehead atoms. The van der Waals surface area contributed by atoms with E-state index in [1.807, 2.05) is 62.3 Å². The summed E-state index contributed by atoms with van der Waals surface area (Å²) in [5.41, 5.74) is -0.856. The number of hydrogen-bond acceptors (Lipinski definition) is 6. The predicted octanol–water partition coefficient (Wildman–Crippen LogP) is 5.33. The van der Waals surface area contributed by atoms with Crippen molar-refractivity contribution in [2.75, 3.05) is 25.4 Å². The summed E-state index contributed by atoms with van der Waals surface area (Å²) in [7, 11) is 3.41.